The first-order valence-electron chi connectivity index (χ1n) is 16.0. The van der Waals surface area contributed by atoms with Gasteiger partial charge in [-0.1, -0.05) is 43.3 Å². The fraction of sp³-hybridized carbons (Fsp3) is 0.400. The molecule has 3 aromatic carbocycles. The topological polar surface area (TPSA) is 123 Å². The Balaban J connectivity index is 1.44. The lowest BCUT2D eigenvalue weighted by molar-refractivity contribution is -0.133. The predicted molar refractivity (Wildman–Crippen MR) is 175 cm³/mol. The summed E-state index contributed by atoms with van der Waals surface area (Å²) in [5.41, 5.74) is -1.41. The summed E-state index contributed by atoms with van der Waals surface area (Å²) in [6, 6.07) is 19.4. The molecular weight excluding hydrogens is 618 g/mol. The number of hydrogen-bond donors (Lipinski definition) is 0. The van der Waals surface area contributed by atoms with Gasteiger partial charge in [0.25, 0.3) is 15.9 Å². The van der Waals surface area contributed by atoms with Crippen LogP contribution >= 0.6 is 0 Å². The molecular formula is C35H39N5O6S. The van der Waals surface area contributed by atoms with Gasteiger partial charge in [0.15, 0.2) is 0 Å². The summed E-state index contributed by atoms with van der Waals surface area (Å²) in [6.45, 7) is 9.80. The fourth-order valence-electron chi connectivity index (χ4n) is 6.70. The second-order valence-corrected chi connectivity index (χ2v) is 14.0. The molecule has 12 heteroatoms. The maximum atomic E-state index is 15.0. The second-order valence-electron chi connectivity index (χ2n) is 12.2. The Hall–Kier alpha value is -4.44. The van der Waals surface area contributed by atoms with Crippen molar-refractivity contribution >= 4 is 27.7 Å². The molecule has 0 saturated carbocycles. The molecule has 246 valence electrons. The summed E-state index contributed by atoms with van der Waals surface area (Å²) in [5.74, 6) is -0.0444. The monoisotopic (exact) mass is 657 g/mol. The van der Waals surface area contributed by atoms with E-state index in [1.54, 1.807) is 61.2 Å². The Kier molecular flexibility index (Phi) is 8.98. The molecule has 0 aliphatic carbocycles. The number of hydrogen-bond acceptors (Lipinski definition) is 9. The minimum absolute atomic E-state index is 0.000464. The predicted octanol–water partition coefficient (Wildman–Crippen LogP) is 4.65. The number of ether oxygens (including phenoxy) is 2. The SMILES string of the molecule is CCOc1ccccc1C1(OC(=O)N2CCN(N3CCC(C)CC3)CC2)C(=O)N(S(=O)(=O)c2ccccc2C)c2ccc(C#N)cc21. The Labute approximate surface area is 275 Å². The highest BCUT2D eigenvalue weighted by molar-refractivity contribution is 7.93. The molecule has 2 saturated heterocycles. The molecule has 2 amide bonds. The van der Waals surface area contributed by atoms with Crippen molar-refractivity contribution in [3.63, 3.8) is 0 Å². The summed E-state index contributed by atoms with van der Waals surface area (Å²) in [4.78, 5) is 30.6. The van der Waals surface area contributed by atoms with Crippen LogP contribution in [-0.4, -0.2) is 81.2 Å². The number of aryl methyl sites for hydroxylation is 1. The van der Waals surface area contributed by atoms with Gasteiger partial charge in [-0.15, -0.1) is 0 Å². The number of nitriles is 1. The maximum Gasteiger partial charge on any atom is 0.411 e. The number of benzene rings is 3. The molecule has 1 unspecified atom stereocenters. The number of piperidine rings is 1. The standard InChI is InChI=1S/C35H39N5O6S/c1-4-45-31-11-7-6-10-28(31)35(46-34(42)37-19-21-39(22-20-37)38-17-15-25(2)16-18-38)29-23-27(24-36)13-14-30(29)40(33(35)41)47(43,44)32-12-8-5-9-26(32)3/h5-14,23,25H,4,15-22H2,1-3H3. The number of amides is 2. The van der Waals surface area contributed by atoms with Crippen molar-refractivity contribution in [2.45, 2.75) is 44.1 Å². The van der Waals surface area contributed by atoms with Gasteiger partial charge in [-0.3, -0.25) is 4.79 Å². The average molecular weight is 658 g/mol. The number of nitrogens with zero attached hydrogens (tertiary/aromatic N) is 5. The summed E-state index contributed by atoms with van der Waals surface area (Å²) < 4.78 is 41.7. The number of anilines is 1. The van der Waals surface area contributed by atoms with E-state index in [1.165, 1.54) is 24.3 Å². The van der Waals surface area contributed by atoms with E-state index < -0.39 is 27.6 Å². The second kappa shape index (κ2) is 13.0. The minimum atomic E-state index is -4.50. The Morgan fingerprint density at radius 2 is 1.60 bits per heavy atom. The van der Waals surface area contributed by atoms with Crippen LogP contribution in [0.5, 0.6) is 5.75 Å². The van der Waals surface area contributed by atoms with E-state index in [-0.39, 0.29) is 39.6 Å². The van der Waals surface area contributed by atoms with Crippen molar-refractivity contribution < 1.29 is 27.5 Å². The number of carbonyl (C=O) groups is 2. The van der Waals surface area contributed by atoms with E-state index in [0.717, 1.165) is 25.9 Å². The van der Waals surface area contributed by atoms with E-state index >= 15 is 0 Å². The fourth-order valence-corrected chi connectivity index (χ4v) is 8.39. The van der Waals surface area contributed by atoms with Gasteiger partial charge >= 0.3 is 6.09 Å². The van der Waals surface area contributed by atoms with Crippen LogP contribution in [0.15, 0.2) is 71.6 Å². The van der Waals surface area contributed by atoms with Crippen LogP contribution in [0.25, 0.3) is 0 Å². The van der Waals surface area contributed by atoms with Gasteiger partial charge in [0, 0.05) is 44.8 Å². The molecule has 0 spiro atoms. The first-order valence-corrected chi connectivity index (χ1v) is 17.5. The molecule has 0 N–H and O–H groups in total. The molecule has 6 rings (SSSR count). The van der Waals surface area contributed by atoms with Crippen LogP contribution in [0.3, 0.4) is 0 Å². The zero-order valence-electron chi connectivity index (χ0n) is 26.9. The molecule has 0 aromatic heterocycles. The largest absolute Gasteiger partial charge is 0.493 e. The molecule has 3 aliphatic rings. The smallest absolute Gasteiger partial charge is 0.411 e. The van der Waals surface area contributed by atoms with E-state index in [1.807, 2.05) is 0 Å². The third-order valence-corrected chi connectivity index (χ3v) is 11.2. The molecule has 11 nitrogen and oxygen atoms in total. The number of carbonyl (C=O) groups excluding carboxylic acids is 2. The summed E-state index contributed by atoms with van der Waals surface area (Å²) >= 11 is 0. The zero-order chi connectivity index (χ0) is 33.3. The highest BCUT2D eigenvalue weighted by atomic mass is 32.2. The van der Waals surface area contributed by atoms with Gasteiger partial charge in [0.05, 0.1) is 34.4 Å². The number of para-hydroxylation sites is 1. The molecule has 3 heterocycles. The Morgan fingerprint density at radius 1 is 0.936 bits per heavy atom. The van der Waals surface area contributed by atoms with Gasteiger partial charge < -0.3 is 14.4 Å². The Bertz CT molecular complexity index is 1830. The summed E-state index contributed by atoms with van der Waals surface area (Å²) in [7, 11) is -4.50. The van der Waals surface area contributed by atoms with Crippen LogP contribution in [0.1, 0.15) is 48.9 Å². The maximum absolute atomic E-state index is 15.0. The number of rotatable bonds is 7. The van der Waals surface area contributed by atoms with E-state index in [0.29, 0.717) is 42.0 Å². The van der Waals surface area contributed by atoms with Crippen LogP contribution in [-0.2, 0) is 25.2 Å². The third kappa shape index (κ3) is 5.73. The Morgan fingerprint density at radius 3 is 2.28 bits per heavy atom. The molecule has 3 aliphatic heterocycles. The molecule has 1 atom stereocenters. The first-order chi connectivity index (χ1) is 22.6. The van der Waals surface area contributed by atoms with Crippen LogP contribution in [0.4, 0.5) is 10.5 Å². The first kappa shape index (κ1) is 32.5. The molecule has 47 heavy (non-hydrogen) atoms. The molecule has 0 bridgehead atoms. The van der Waals surface area contributed by atoms with Crippen molar-refractivity contribution in [2.24, 2.45) is 5.92 Å². The number of sulfonamides is 1. The highest BCUT2D eigenvalue weighted by Gasteiger charge is 2.61. The number of piperazine rings is 1. The quantitative estimate of drug-likeness (QED) is 0.357. The lowest BCUT2D eigenvalue weighted by Gasteiger charge is -2.43. The molecule has 0 radical (unpaired) electrons. The molecule has 3 aromatic rings. The van der Waals surface area contributed by atoms with E-state index in [9.17, 15) is 23.3 Å². The van der Waals surface area contributed by atoms with Crippen LogP contribution < -0.4 is 9.04 Å². The lowest BCUT2D eigenvalue weighted by Crippen LogP contribution is -2.57. The van der Waals surface area contributed by atoms with Crippen molar-refractivity contribution in [1.29, 1.82) is 5.26 Å². The van der Waals surface area contributed by atoms with E-state index in [4.69, 9.17) is 9.47 Å². The van der Waals surface area contributed by atoms with E-state index in [2.05, 4.69) is 23.0 Å². The minimum Gasteiger partial charge on any atom is -0.493 e. The third-order valence-electron chi connectivity index (χ3n) is 9.30. The van der Waals surface area contributed by atoms with Gasteiger partial charge in [-0.25, -0.2) is 23.2 Å². The average Bonchev–Trinajstić information content (AvgIpc) is 3.33. The normalized spacial score (nSPS) is 20.9. The summed E-state index contributed by atoms with van der Waals surface area (Å²) in [5, 5.41) is 14.5. The van der Waals surface area contributed by atoms with Crippen LogP contribution in [0.2, 0.25) is 0 Å². The van der Waals surface area contributed by atoms with Gasteiger partial charge in [0.1, 0.15) is 5.75 Å². The van der Waals surface area contributed by atoms with Crippen molar-refractivity contribution in [3.8, 4) is 11.8 Å². The van der Waals surface area contributed by atoms with Gasteiger partial charge in [0.2, 0.25) is 5.60 Å². The zero-order valence-corrected chi connectivity index (χ0v) is 27.7. The number of fused-ring (bicyclic) bond motifs is 1. The summed E-state index contributed by atoms with van der Waals surface area (Å²) in [6.07, 6.45) is 1.48. The van der Waals surface area contributed by atoms with Gasteiger partial charge in [-0.2, -0.15) is 9.57 Å². The van der Waals surface area contributed by atoms with Crippen LogP contribution in [0, 0.1) is 24.2 Å². The number of hydrazine groups is 1. The van der Waals surface area contributed by atoms with Crippen molar-refractivity contribution in [1.82, 2.24) is 14.9 Å². The lowest BCUT2D eigenvalue weighted by atomic mass is 9.85. The van der Waals surface area contributed by atoms with Crippen molar-refractivity contribution in [2.75, 3.05) is 50.2 Å². The van der Waals surface area contributed by atoms with Crippen molar-refractivity contribution in [3.05, 3.63) is 89.0 Å². The highest BCUT2D eigenvalue weighted by Crippen LogP contribution is 2.52. The molecule has 2 fully saturated rings. The van der Waals surface area contributed by atoms with Gasteiger partial charge in [-0.05, 0) is 68.5 Å².